The Morgan fingerprint density at radius 3 is 2.82 bits per heavy atom. The molecule has 2 heteroatoms. The monoisotopic (exact) mass is 228 g/mol. The zero-order valence-electron chi connectivity index (χ0n) is 10.4. The van der Waals surface area contributed by atoms with Crippen LogP contribution in [0.3, 0.4) is 0 Å². The van der Waals surface area contributed by atoms with E-state index in [0.717, 1.165) is 5.92 Å². The van der Waals surface area contributed by atoms with Crippen LogP contribution < -0.4 is 0 Å². The molecule has 1 aliphatic heterocycles. The lowest BCUT2D eigenvalue weighted by Gasteiger charge is -2.31. The van der Waals surface area contributed by atoms with E-state index in [9.17, 15) is 0 Å². The standard InChI is InChI=1S/C15H20N2/c1-2-17-9-6-12(7-10-17)13-3-4-15-14(11-13)5-8-16-15/h3-5,8,11-12,16H,2,6-7,9-10H2,1H3. The summed E-state index contributed by atoms with van der Waals surface area (Å²) in [5.41, 5.74) is 2.77. The van der Waals surface area contributed by atoms with Gasteiger partial charge in [-0.15, -0.1) is 0 Å². The molecule has 1 fully saturated rings. The fourth-order valence-electron chi connectivity index (χ4n) is 2.91. The van der Waals surface area contributed by atoms with E-state index in [1.54, 1.807) is 0 Å². The minimum Gasteiger partial charge on any atom is -0.361 e. The largest absolute Gasteiger partial charge is 0.361 e. The minimum atomic E-state index is 0.761. The number of fused-ring (bicyclic) bond motifs is 1. The molecule has 0 bridgehead atoms. The fourth-order valence-corrected chi connectivity index (χ4v) is 2.91. The third-order valence-corrected chi connectivity index (χ3v) is 4.08. The Kier molecular flexibility index (Phi) is 2.89. The molecule has 0 saturated carbocycles. The Bertz CT molecular complexity index is 492. The summed E-state index contributed by atoms with van der Waals surface area (Å²) in [5.74, 6) is 0.761. The predicted octanol–water partition coefficient (Wildman–Crippen LogP) is 3.37. The Labute approximate surface area is 103 Å². The van der Waals surface area contributed by atoms with Crippen molar-refractivity contribution >= 4 is 10.9 Å². The van der Waals surface area contributed by atoms with E-state index >= 15 is 0 Å². The Hall–Kier alpha value is -1.28. The normalized spacial score (nSPS) is 18.9. The molecule has 1 aromatic carbocycles. The van der Waals surface area contributed by atoms with Gasteiger partial charge in [0, 0.05) is 11.7 Å². The van der Waals surface area contributed by atoms with Crippen molar-refractivity contribution in [2.45, 2.75) is 25.7 Å². The Morgan fingerprint density at radius 1 is 1.24 bits per heavy atom. The van der Waals surface area contributed by atoms with Crippen LogP contribution in [-0.4, -0.2) is 29.5 Å². The van der Waals surface area contributed by atoms with Gasteiger partial charge in [-0.3, -0.25) is 0 Å². The summed E-state index contributed by atoms with van der Waals surface area (Å²) in [4.78, 5) is 5.80. The lowest BCUT2D eigenvalue weighted by molar-refractivity contribution is 0.222. The quantitative estimate of drug-likeness (QED) is 0.835. The topological polar surface area (TPSA) is 19.0 Å². The number of benzene rings is 1. The molecule has 0 atom stereocenters. The van der Waals surface area contributed by atoms with E-state index < -0.39 is 0 Å². The number of hydrogen-bond donors (Lipinski definition) is 1. The lowest BCUT2D eigenvalue weighted by Crippen LogP contribution is -2.32. The van der Waals surface area contributed by atoms with E-state index in [0.29, 0.717) is 0 Å². The molecule has 17 heavy (non-hydrogen) atoms. The Morgan fingerprint density at radius 2 is 2.06 bits per heavy atom. The second-order valence-corrected chi connectivity index (χ2v) is 5.03. The van der Waals surface area contributed by atoms with E-state index in [1.165, 1.54) is 48.9 Å². The first-order valence-electron chi connectivity index (χ1n) is 6.66. The number of likely N-dealkylation sites (tertiary alicyclic amines) is 1. The highest BCUT2D eigenvalue weighted by Crippen LogP contribution is 2.29. The number of nitrogens with zero attached hydrogens (tertiary/aromatic N) is 1. The van der Waals surface area contributed by atoms with Crippen LogP contribution in [0.5, 0.6) is 0 Å². The number of piperidine rings is 1. The van der Waals surface area contributed by atoms with Crippen molar-refractivity contribution in [1.82, 2.24) is 9.88 Å². The molecule has 0 amide bonds. The molecule has 2 heterocycles. The molecule has 90 valence electrons. The van der Waals surface area contributed by atoms with Crippen LogP contribution in [0.1, 0.15) is 31.2 Å². The smallest absolute Gasteiger partial charge is 0.0454 e. The molecule has 0 spiro atoms. The van der Waals surface area contributed by atoms with Crippen LogP contribution >= 0.6 is 0 Å². The number of rotatable bonds is 2. The zero-order chi connectivity index (χ0) is 11.7. The summed E-state index contributed by atoms with van der Waals surface area (Å²) in [6.45, 7) is 5.97. The highest BCUT2D eigenvalue weighted by molar-refractivity contribution is 5.80. The van der Waals surface area contributed by atoms with Gasteiger partial charge in [0.25, 0.3) is 0 Å². The predicted molar refractivity (Wildman–Crippen MR) is 72.4 cm³/mol. The van der Waals surface area contributed by atoms with Crippen LogP contribution in [0.4, 0.5) is 0 Å². The molecule has 1 aromatic heterocycles. The van der Waals surface area contributed by atoms with Crippen LogP contribution in [0.15, 0.2) is 30.5 Å². The summed E-state index contributed by atoms with van der Waals surface area (Å²) in [7, 11) is 0. The summed E-state index contributed by atoms with van der Waals surface area (Å²) in [5, 5.41) is 1.35. The van der Waals surface area contributed by atoms with Crippen molar-refractivity contribution in [2.24, 2.45) is 0 Å². The van der Waals surface area contributed by atoms with Crippen molar-refractivity contribution in [3.63, 3.8) is 0 Å². The van der Waals surface area contributed by atoms with Crippen molar-refractivity contribution < 1.29 is 0 Å². The molecule has 1 N–H and O–H groups in total. The van der Waals surface area contributed by atoms with E-state index in [1.807, 2.05) is 6.20 Å². The van der Waals surface area contributed by atoms with Crippen LogP contribution in [0.2, 0.25) is 0 Å². The summed E-state index contributed by atoms with van der Waals surface area (Å²) in [6, 6.07) is 9.04. The first-order chi connectivity index (χ1) is 8.36. The summed E-state index contributed by atoms with van der Waals surface area (Å²) >= 11 is 0. The van der Waals surface area contributed by atoms with Gasteiger partial charge in [0.1, 0.15) is 0 Å². The fraction of sp³-hybridized carbons (Fsp3) is 0.467. The average molecular weight is 228 g/mol. The number of aromatic amines is 1. The number of H-pyrrole nitrogens is 1. The van der Waals surface area contributed by atoms with Crippen molar-refractivity contribution in [2.75, 3.05) is 19.6 Å². The first kappa shape index (κ1) is 10.8. The van der Waals surface area contributed by atoms with Gasteiger partial charge in [0.2, 0.25) is 0 Å². The van der Waals surface area contributed by atoms with E-state index in [-0.39, 0.29) is 0 Å². The van der Waals surface area contributed by atoms with Gasteiger partial charge in [-0.05, 0) is 67.5 Å². The molecule has 2 aromatic rings. The lowest BCUT2D eigenvalue weighted by atomic mass is 9.89. The van der Waals surface area contributed by atoms with Gasteiger partial charge in [0.15, 0.2) is 0 Å². The van der Waals surface area contributed by atoms with Gasteiger partial charge in [-0.1, -0.05) is 13.0 Å². The van der Waals surface area contributed by atoms with E-state index in [2.05, 4.69) is 41.1 Å². The zero-order valence-corrected chi connectivity index (χ0v) is 10.4. The second-order valence-electron chi connectivity index (χ2n) is 5.03. The van der Waals surface area contributed by atoms with Crippen molar-refractivity contribution in [3.05, 3.63) is 36.0 Å². The van der Waals surface area contributed by atoms with Crippen LogP contribution in [0, 0.1) is 0 Å². The maximum Gasteiger partial charge on any atom is 0.0454 e. The van der Waals surface area contributed by atoms with Crippen LogP contribution in [0.25, 0.3) is 10.9 Å². The van der Waals surface area contributed by atoms with Crippen LogP contribution in [-0.2, 0) is 0 Å². The molecular weight excluding hydrogens is 208 g/mol. The van der Waals surface area contributed by atoms with Gasteiger partial charge in [-0.2, -0.15) is 0 Å². The van der Waals surface area contributed by atoms with Gasteiger partial charge in [0.05, 0.1) is 0 Å². The molecular formula is C15H20N2. The van der Waals surface area contributed by atoms with Crippen molar-refractivity contribution in [1.29, 1.82) is 0 Å². The number of aromatic nitrogens is 1. The SMILES string of the molecule is CCN1CCC(c2ccc3[nH]ccc3c2)CC1. The summed E-state index contributed by atoms with van der Waals surface area (Å²) < 4.78 is 0. The first-order valence-corrected chi connectivity index (χ1v) is 6.66. The average Bonchev–Trinajstić information content (AvgIpc) is 2.86. The number of nitrogens with one attached hydrogen (secondary N) is 1. The summed E-state index contributed by atoms with van der Waals surface area (Å²) in [6.07, 6.45) is 4.64. The highest BCUT2D eigenvalue weighted by atomic mass is 15.1. The minimum absolute atomic E-state index is 0.761. The molecule has 1 aliphatic rings. The molecule has 2 nitrogen and oxygen atoms in total. The molecule has 0 aliphatic carbocycles. The third-order valence-electron chi connectivity index (χ3n) is 4.08. The molecule has 0 radical (unpaired) electrons. The highest BCUT2D eigenvalue weighted by Gasteiger charge is 2.19. The molecule has 0 unspecified atom stereocenters. The maximum absolute atomic E-state index is 3.26. The molecule has 1 saturated heterocycles. The Balaban J connectivity index is 1.79. The van der Waals surface area contributed by atoms with Gasteiger partial charge in [-0.25, -0.2) is 0 Å². The van der Waals surface area contributed by atoms with Crippen molar-refractivity contribution in [3.8, 4) is 0 Å². The molecule has 3 rings (SSSR count). The number of hydrogen-bond acceptors (Lipinski definition) is 1. The van der Waals surface area contributed by atoms with E-state index in [4.69, 9.17) is 0 Å². The van der Waals surface area contributed by atoms with Gasteiger partial charge >= 0.3 is 0 Å². The van der Waals surface area contributed by atoms with Gasteiger partial charge < -0.3 is 9.88 Å². The maximum atomic E-state index is 3.26. The third kappa shape index (κ3) is 2.09. The second kappa shape index (κ2) is 4.53.